The Morgan fingerprint density at radius 2 is 1.85 bits per heavy atom. The number of carbonyl (C=O) groups is 3. The molecule has 2 aromatic carbocycles. The number of benzene rings is 2. The summed E-state index contributed by atoms with van der Waals surface area (Å²) in [6.45, 7) is 1.55. The summed E-state index contributed by atoms with van der Waals surface area (Å²) in [6.07, 6.45) is 3.73. The van der Waals surface area contributed by atoms with Gasteiger partial charge in [0, 0.05) is 32.5 Å². The maximum atomic E-state index is 13.2. The van der Waals surface area contributed by atoms with Crippen LogP contribution in [0.3, 0.4) is 0 Å². The lowest BCUT2D eigenvalue weighted by Crippen LogP contribution is -2.59. The quantitative estimate of drug-likeness (QED) is 0.735. The molecule has 0 spiro atoms. The number of nitrogens with one attached hydrogen (secondary N) is 1. The molecule has 0 aromatic heterocycles. The van der Waals surface area contributed by atoms with Gasteiger partial charge in [-0.15, -0.1) is 0 Å². The summed E-state index contributed by atoms with van der Waals surface area (Å²) >= 11 is 0. The fourth-order valence-electron chi connectivity index (χ4n) is 4.56. The Morgan fingerprint density at radius 1 is 1.03 bits per heavy atom. The molecule has 0 radical (unpaired) electrons. The maximum absolute atomic E-state index is 13.2. The molecule has 1 unspecified atom stereocenters. The third kappa shape index (κ3) is 5.53. The van der Waals surface area contributed by atoms with Crippen molar-refractivity contribution in [1.29, 1.82) is 0 Å². The van der Waals surface area contributed by atoms with Crippen LogP contribution in [-0.2, 0) is 20.8 Å². The molecule has 1 atom stereocenters. The molecule has 4 rings (SSSR count). The fourth-order valence-corrected chi connectivity index (χ4v) is 4.56. The van der Waals surface area contributed by atoms with E-state index in [4.69, 9.17) is 4.74 Å². The highest BCUT2D eigenvalue weighted by atomic mass is 16.5. The summed E-state index contributed by atoms with van der Waals surface area (Å²) in [4.78, 5) is 41.6. The van der Waals surface area contributed by atoms with Crippen LogP contribution in [0, 0.1) is 0 Å². The van der Waals surface area contributed by atoms with E-state index in [1.165, 1.54) is 0 Å². The lowest BCUT2D eigenvalue weighted by molar-refractivity contribution is -0.146. The van der Waals surface area contributed by atoms with E-state index >= 15 is 0 Å². The molecule has 2 aromatic rings. The number of hydrogen-bond acceptors (Lipinski definition) is 4. The summed E-state index contributed by atoms with van der Waals surface area (Å²) in [5, 5.41) is 2.89. The molecule has 33 heavy (non-hydrogen) atoms. The fraction of sp³-hybridized carbons (Fsp3) is 0.423. The Morgan fingerprint density at radius 3 is 2.64 bits per heavy atom. The molecular weight excluding hydrogens is 418 g/mol. The number of ether oxygens (including phenoxy) is 1. The number of nitrogens with zero attached hydrogens (tertiary/aromatic N) is 2. The third-order valence-electron chi connectivity index (χ3n) is 6.43. The lowest BCUT2D eigenvalue weighted by atomic mass is 9.97. The average molecular weight is 450 g/mol. The van der Waals surface area contributed by atoms with Crippen LogP contribution in [0.15, 0.2) is 48.5 Å². The minimum absolute atomic E-state index is 0.0334. The normalized spacial score (nSPS) is 19.1. The second-order valence-electron chi connectivity index (χ2n) is 8.65. The predicted octanol–water partition coefficient (Wildman–Crippen LogP) is 2.63. The summed E-state index contributed by atoms with van der Waals surface area (Å²) in [6, 6.07) is 15.3. The maximum Gasteiger partial charge on any atom is 0.243 e. The second-order valence-corrected chi connectivity index (χ2v) is 8.65. The highest BCUT2D eigenvalue weighted by Gasteiger charge is 2.34. The average Bonchev–Trinajstić information content (AvgIpc) is 3.04. The minimum Gasteiger partial charge on any atom is -0.497 e. The van der Waals surface area contributed by atoms with Gasteiger partial charge in [0.05, 0.1) is 13.7 Å². The molecule has 0 saturated carbocycles. The standard InChI is InChI=1S/C26H31N3O4/c1-33-22-11-9-20(10-12-22)21-7-5-6-19(16-21)17-23-26(32)27-13-15-29(23)25(31)18-28-14-4-2-3-8-24(28)30/h5-7,9-12,16,23H,2-4,8,13-15,17-18H2,1H3,(H,27,32). The first kappa shape index (κ1) is 22.8. The van der Waals surface area contributed by atoms with Crippen molar-refractivity contribution in [2.24, 2.45) is 0 Å². The first-order valence-electron chi connectivity index (χ1n) is 11.6. The van der Waals surface area contributed by atoms with Crippen LogP contribution in [0.25, 0.3) is 11.1 Å². The molecule has 0 aliphatic carbocycles. The van der Waals surface area contributed by atoms with E-state index in [2.05, 4.69) is 11.4 Å². The molecule has 7 nitrogen and oxygen atoms in total. The number of methoxy groups -OCH3 is 1. The molecular formula is C26H31N3O4. The Labute approximate surface area is 194 Å². The van der Waals surface area contributed by atoms with Gasteiger partial charge in [0.25, 0.3) is 0 Å². The van der Waals surface area contributed by atoms with E-state index < -0.39 is 6.04 Å². The van der Waals surface area contributed by atoms with Crippen molar-refractivity contribution in [2.45, 2.75) is 38.1 Å². The molecule has 2 aliphatic heterocycles. The van der Waals surface area contributed by atoms with E-state index in [1.54, 1.807) is 16.9 Å². The van der Waals surface area contributed by atoms with Crippen molar-refractivity contribution in [3.8, 4) is 16.9 Å². The van der Waals surface area contributed by atoms with Gasteiger partial charge in [-0.1, -0.05) is 42.8 Å². The Bertz CT molecular complexity index is 1000. The smallest absolute Gasteiger partial charge is 0.243 e. The number of piperazine rings is 1. The van der Waals surface area contributed by atoms with Crippen LogP contribution < -0.4 is 10.1 Å². The van der Waals surface area contributed by atoms with E-state index in [0.717, 1.165) is 41.7 Å². The second kappa shape index (κ2) is 10.5. The number of likely N-dealkylation sites (tertiary alicyclic amines) is 1. The van der Waals surface area contributed by atoms with Gasteiger partial charge >= 0.3 is 0 Å². The van der Waals surface area contributed by atoms with Gasteiger partial charge < -0.3 is 19.9 Å². The largest absolute Gasteiger partial charge is 0.497 e. The van der Waals surface area contributed by atoms with Gasteiger partial charge in [-0.25, -0.2) is 0 Å². The third-order valence-corrected chi connectivity index (χ3v) is 6.43. The summed E-state index contributed by atoms with van der Waals surface area (Å²) < 4.78 is 5.24. The van der Waals surface area contributed by atoms with E-state index in [9.17, 15) is 14.4 Å². The first-order chi connectivity index (χ1) is 16.0. The predicted molar refractivity (Wildman–Crippen MR) is 126 cm³/mol. The first-order valence-corrected chi connectivity index (χ1v) is 11.6. The topological polar surface area (TPSA) is 79.0 Å². The van der Waals surface area contributed by atoms with Gasteiger partial charge in [-0.05, 0) is 41.7 Å². The van der Waals surface area contributed by atoms with Crippen LogP contribution >= 0.6 is 0 Å². The van der Waals surface area contributed by atoms with Crippen LogP contribution in [0.4, 0.5) is 0 Å². The molecule has 7 heteroatoms. The highest BCUT2D eigenvalue weighted by Crippen LogP contribution is 2.24. The Hall–Kier alpha value is -3.35. The van der Waals surface area contributed by atoms with Crippen LogP contribution in [0.5, 0.6) is 5.75 Å². The van der Waals surface area contributed by atoms with Gasteiger partial charge in [0.1, 0.15) is 11.8 Å². The molecule has 174 valence electrons. The molecule has 3 amide bonds. The molecule has 0 bridgehead atoms. The molecule has 1 N–H and O–H groups in total. The molecule has 2 aliphatic rings. The van der Waals surface area contributed by atoms with E-state index in [1.807, 2.05) is 42.5 Å². The lowest BCUT2D eigenvalue weighted by Gasteiger charge is -2.36. The number of hydrogen-bond donors (Lipinski definition) is 1. The highest BCUT2D eigenvalue weighted by molar-refractivity contribution is 5.91. The monoisotopic (exact) mass is 449 g/mol. The van der Waals surface area contributed by atoms with E-state index in [-0.39, 0.29) is 24.3 Å². The zero-order valence-corrected chi connectivity index (χ0v) is 19.1. The number of carbonyl (C=O) groups excluding carboxylic acids is 3. The summed E-state index contributed by atoms with van der Waals surface area (Å²) in [5.41, 5.74) is 3.08. The van der Waals surface area contributed by atoms with Crippen LogP contribution in [0.2, 0.25) is 0 Å². The molecule has 2 fully saturated rings. The minimum atomic E-state index is -0.584. The van der Waals surface area contributed by atoms with Crippen LogP contribution in [-0.4, -0.2) is 66.9 Å². The SMILES string of the molecule is COc1ccc(-c2cccc(CC3C(=O)NCCN3C(=O)CN3CCCCCC3=O)c2)cc1. The Balaban J connectivity index is 1.49. The van der Waals surface area contributed by atoms with Crippen molar-refractivity contribution in [3.63, 3.8) is 0 Å². The van der Waals surface area contributed by atoms with Crippen molar-refractivity contribution < 1.29 is 19.1 Å². The molecule has 2 saturated heterocycles. The summed E-state index contributed by atoms with van der Waals surface area (Å²) in [5.74, 6) is 0.528. The van der Waals surface area contributed by atoms with Gasteiger partial charge in [0.15, 0.2) is 0 Å². The van der Waals surface area contributed by atoms with Crippen molar-refractivity contribution in [2.75, 3.05) is 33.3 Å². The van der Waals surface area contributed by atoms with Crippen molar-refractivity contribution in [3.05, 3.63) is 54.1 Å². The van der Waals surface area contributed by atoms with E-state index in [0.29, 0.717) is 32.5 Å². The van der Waals surface area contributed by atoms with Crippen LogP contribution in [0.1, 0.15) is 31.2 Å². The Kier molecular flexibility index (Phi) is 7.27. The van der Waals surface area contributed by atoms with Crippen molar-refractivity contribution in [1.82, 2.24) is 15.1 Å². The number of rotatable bonds is 6. The van der Waals surface area contributed by atoms with Gasteiger partial charge in [-0.2, -0.15) is 0 Å². The summed E-state index contributed by atoms with van der Waals surface area (Å²) in [7, 11) is 1.64. The zero-order valence-electron chi connectivity index (χ0n) is 19.1. The van der Waals surface area contributed by atoms with Gasteiger partial charge in [0.2, 0.25) is 17.7 Å². The van der Waals surface area contributed by atoms with Crippen molar-refractivity contribution >= 4 is 17.7 Å². The molecule has 2 heterocycles. The van der Waals surface area contributed by atoms with Gasteiger partial charge in [-0.3, -0.25) is 14.4 Å². The number of amides is 3. The zero-order chi connectivity index (χ0) is 23.2.